The minimum Gasteiger partial charge on any atom is -0.422 e. The molecule has 33 heavy (non-hydrogen) atoms. The molecule has 2 aromatic carbocycles. The van der Waals surface area contributed by atoms with Gasteiger partial charge >= 0.3 is 5.69 Å². The third kappa shape index (κ3) is 4.15. The second kappa shape index (κ2) is 8.74. The molecule has 0 spiro atoms. The van der Waals surface area contributed by atoms with Crippen molar-refractivity contribution >= 4 is 28.4 Å². The molecule has 2 N–H and O–H groups in total. The molecule has 0 atom stereocenters. The van der Waals surface area contributed by atoms with Crippen LogP contribution in [-0.2, 0) is 0 Å². The highest BCUT2D eigenvalue weighted by atomic mass is 16.5. The molecule has 1 aliphatic heterocycles. The first-order valence-corrected chi connectivity index (χ1v) is 10.9. The highest BCUT2D eigenvalue weighted by molar-refractivity contribution is 5.95. The van der Waals surface area contributed by atoms with E-state index in [2.05, 4.69) is 15.3 Å². The molecule has 166 valence electrons. The Hall–Kier alpha value is -4.20. The number of hydrogen-bond acceptors (Lipinski definition) is 6. The van der Waals surface area contributed by atoms with E-state index < -0.39 is 5.69 Å². The lowest BCUT2D eigenvalue weighted by atomic mass is 10.0. The van der Waals surface area contributed by atoms with Crippen LogP contribution in [0.25, 0.3) is 22.2 Å². The number of nitrogens with zero attached hydrogens (tertiary/aromatic N) is 4. The fraction of sp³-hybridized carbons (Fsp3) is 0.200. The standard InChI is InChI=1S/C25H23N5O3/c31-24(29-14-2-1-3-15-29)18-11-9-17(10-12-18)19-6-4-7-20(16-19)27-22-21-8-5-13-26-23(21)30(33)25(32)28-22/h4-13,16,33H,1-3,14-15H2,(H,27,28,32). The zero-order chi connectivity index (χ0) is 22.8. The summed E-state index contributed by atoms with van der Waals surface area (Å²) in [5.41, 5.74) is 2.67. The van der Waals surface area contributed by atoms with Crippen molar-refractivity contribution < 1.29 is 10.0 Å². The number of carbonyl (C=O) groups is 1. The van der Waals surface area contributed by atoms with Gasteiger partial charge in [0.25, 0.3) is 5.91 Å². The maximum absolute atomic E-state index is 12.7. The summed E-state index contributed by atoms with van der Waals surface area (Å²) in [7, 11) is 0. The summed E-state index contributed by atoms with van der Waals surface area (Å²) in [4.78, 5) is 34.7. The van der Waals surface area contributed by atoms with Crippen molar-refractivity contribution in [3.8, 4) is 11.1 Å². The number of rotatable bonds is 4. The van der Waals surface area contributed by atoms with Crippen molar-refractivity contribution in [3.05, 3.63) is 82.9 Å². The van der Waals surface area contributed by atoms with E-state index in [-0.39, 0.29) is 11.6 Å². The maximum atomic E-state index is 12.7. The number of amides is 1. The van der Waals surface area contributed by atoms with Gasteiger partial charge in [0.2, 0.25) is 0 Å². The molecule has 1 amide bonds. The molecular formula is C25H23N5O3. The molecule has 0 radical (unpaired) electrons. The van der Waals surface area contributed by atoms with E-state index in [9.17, 15) is 14.8 Å². The number of piperidine rings is 1. The van der Waals surface area contributed by atoms with Crippen LogP contribution in [-0.4, -0.2) is 43.8 Å². The number of hydrogen-bond donors (Lipinski definition) is 2. The number of nitrogens with one attached hydrogen (secondary N) is 1. The van der Waals surface area contributed by atoms with E-state index >= 15 is 0 Å². The summed E-state index contributed by atoms with van der Waals surface area (Å²) >= 11 is 0. The Morgan fingerprint density at radius 3 is 2.52 bits per heavy atom. The molecule has 1 aliphatic rings. The predicted octanol–water partition coefficient (Wildman–Crippen LogP) is 4.07. The van der Waals surface area contributed by atoms with E-state index in [1.165, 1.54) is 12.6 Å². The molecule has 8 heteroatoms. The Balaban J connectivity index is 1.40. The number of anilines is 2. The van der Waals surface area contributed by atoms with Crippen molar-refractivity contribution in [3.63, 3.8) is 0 Å². The quantitative estimate of drug-likeness (QED) is 0.463. The average molecular weight is 441 g/mol. The van der Waals surface area contributed by atoms with Crippen LogP contribution in [0.5, 0.6) is 0 Å². The SMILES string of the molecule is O=C(c1ccc(-c2cccc(Nc3nc(=O)n(O)c4ncccc34)c2)cc1)N1CCCCC1. The number of benzene rings is 2. The maximum Gasteiger partial charge on any atom is 0.384 e. The van der Waals surface area contributed by atoms with Gasteiger partial charge in [0.05, 0.1) is 5.39 Å². The second-order valence-electron chi connectivity index (χ2n) is 8.07. The first-order valence-electron chi connectivity index (χ1n) is 10.9. The van der Waals surface area contributed by atoms with Gasteiger partial charge in [-0.05, 0) is 66.8 Å². The summed E-state index contributed by atoms with van der Waals surface area (Å²) in [6, 6.07) is 18.8. The third-order valence-electron chi connectivity index (χ3n) is 5.86. The normalized spacial score (nSPS) is 13.8. The van der Waals surface area contributed by atoms with E-state index in [0.717, 1.165) is 42.7 Å². The zero-order valence-corrected chi connectivity index (χ0v) is 17.9. The third-order valence-corrected chi connectivity index (χ3v) is 5.86. The lowest BCUT2D eigenvalue weighted by Crippen LogP contribution is -2.35. The van der Waals surface area contributed by atoms with E-state index in [1.807, 2.05) is 53.4 Å². The van der Waals surface area contributed by atoms with Crippen LogP contribution in [0.2, 0.25) is 0 Å². The van der Waals surface area contributed by atoms with Crippen molar-refractivity contribution in [2.45, 2.75) is 19.3 Å². The number of likely N-dealkylation sites (tertiary alicyclic amines) is 1. The Kier molecular flexibility index (Phi) is 5.48. The Morgan fingerprint density at radius 1 is 0.939 bits per heavy atom. The summed E-state index contributed by atoms with van der Waals surface area (Å²) in [6.45, 7) is 1.65. The second-order valence-corrected chi connectivity index (χ2v) is 8.07. The van der Waals surface area contributed by atoms with Gasteiger partial charge in [0, 0.05) is 30.5 Å². The smallest absolute Gasteiger partial charge is 0.384 e. The molecule has 8 nitrogen and oxygen atoms in total. The van der Waals surface area contributed by atoms with Gasteiger partial charge in [-0.2, -0.15) is 4.98 Å². The summed E-state index contributed by atoms with van der Waals surface area (Å²) < 4.78 is 0.434. The largest absolute Gasteiger partial charge is 0.422 e. The molecule has 2 aromatic heterocycles. The van der Waals surface area contributed by atoms with Gasteiger partial charge in [0.1, 0.15) is 5.82 Å². The van der Waals surface area contributed by atoms with Crippen molar-refractivity contribution in [2.24, 2.45) is 0 Å². The highest BCUT2D eigenvalue weighted by Crippen LogP contribution is 2.27. The molecule has 0 unspecified atom stereocenters. The first kappa shape index (κ1) is 20.7. The number of carbonyl (C=O) groups excluding carboxylic acids is 1. The molecule has 0 saturated carbocycles. The first-order chi connectivity index (χ1) is 16.1. The van der Waals surface area contributed by atoms with Gasteiger partial charge < -0.3 is 15.4 Å². The van der Waals surface area contributed by atoms with Crippen molar-refractivity contribution in [1.29, 1.82) is 0 Å². The lowest BCUT2D eigenvalue weighted by molar-refractivity contribution is 0.0724. The zero-order valence-electron chi connectivity index (χ0n) is 17.9. The van der Waals surface area contributed by atoms with Gasteiger partial charge in [-0.15, -0.1) is 4.73 Å². The minimum atomic E-state index is -0.811. The molecule has 0 aliphatic carbocycles. The topological polar surface area (TPSA) is 100 Å². The molecule has 1 saturated heterocycles. The lowest BCUT2D eigenvalue weighted by Gasteiger charge is -2.26. The van der Waals surface area contributed by atoms with Gasteiger partial charge in [-0.3, -0.25) is 4.79 Å². The van der Waals surface area contributed by atoms with Crippen molar-refractivity contribution in [2.75, 3.05) is 18.4 Å². The number of pyridine rings is 1. The van der Waals surface area contributed by atoms with Crippen LogP contribution in [0.1, 0.15) is 29.6 Å². The fourth-order valence-corrected chi connectivity index (χ4v) is 4.14. The fourth-order valence-electron chi connectivity index (χ4n) is 4.14. The minimum absolute atomic E-state index is 0.0850. The molecule has 5 rings (SSSR count). The van der Waals surface area contributed by atoms with E-state index in [1.54, 1.807) is 12.1 Å². The number of fused-ring (bicyclic) bond motifs is 1. The predicted molar refractivity (Wildman–Crippen MR) is 126 cm³/mol. The summed E-state index contributed by atoms with van der Waals surface area (Å²) in [5.74, 6) is 0.398. The van der Waals surface area contributed by atoms with Gasteiger partial charge in [-0.1, -0.05) is 24.3 Å². The van der Waals surface area contributed by atoms with Crippen LogP contribution in [0.4, 0.5) is 11.5 Å². The van der Waals surface area contributed by atoms with Gasteiger partial charge in [-0.25, -0.2) is 9.78 Å². The molecular weight excluding hydrogens is 418 g/mol. The number of aromatic nitrogens is 3. The Bertz CT molecular complexity index is 1380. The molecule has 3 heterocycles. The highest BCUT2D eigenvalue weighted by Gasteiger charge is 2.18. The van der Waals surface area contributed by atoms with Crippen LogP contribution in [0, 0.1) is 0 Å². The van der Waals surface area contributed by atoms with Crippen LogP contribution >= 0.6 is 0 Å². The molecule has 1 fully saturated rings. The van der Waals surface area contributed by atoms with Crippen molar-refractivity contribution in [1.82, 2.24) is 19.6 Å². The monoisotopic (exact) mass is 441 g/mol. The van der Waals surface area contributed by atoms with E-state index in [4.69, 9.17) is 0 Å². The summed E-state index contributed by atoms with van der Waals surface area (Å²) in [6.07, 6.45) is 4.82. The molecule has 4 aromatic rings. The Morgan fingerprint density at radius 2 is 1.73 bits per heavy atom. The van der Waals surface area contributed by atoms with Crippen LogP contribution in [0.15, 0.2) is 71.7 Å². The van der Waals surface area contributed by atoms with Crippen LogP contribution in [0.3, 0.4) is 0 Å². The summed E-state index contributed by atoms with van der Waals surface area (Å²) in [5, 5.41) is 13.6. The van der Waals surface area contributed by atoms with Gasteiger partial charge in [0.15, 0.2) is 5.65 Å². The van der Waals surface area contributed by atoms with E-state index in [0.29, 0.717) is 21.5 Å². The average Bonchev–Trinajstić information content (AvgIpc) is 2.87. The van der Waals surface area contributed by atoms with Crippen LogP contribution < -0.4 is 11.0 Å². The molecule has 0 bridgehead atoms. The Labute approximate surface area is 190 Å².